The van der Waals surface area contributed by atoms with Crippen molar-refractivity contribution in [1.82, 2.24) is 77.7 Å². The van der Waals surface area contributed by atoms with Gasteiger partial charge in [-0.25, -0.2) is 34.5 Å². The Kier molecular flexibility index (Phi) is 26.9. The number of methoxy groups -OCH3 is 3. The zero-order valence-corrected chi connectivity index (χ0v) is 73.0. The summed E-state index contributed by atoms with van der Waals surface area (Å²) in [6, 6.07) is 0. The van der Waals surface area contributed by atoms with E-state index in [1.54, 1.807) is 25.3 Å². The summed E-state index contributed by atoms with van der Waals surface area (Å²) in [6.07, 6.45) is -19.7. The van der Waals surface area contributed by atoms with Crippen LogP contribution in [0.4, 0.5) is 23.5 Å². The van der Waals surface area contributed by atoms with Gasteiger partial charge in [0, 0.05) is 44.8 Å². The predicted octanol–water partition coefficient (Wildman–Crippen LogP) is -2.01. The van der Waals surface area contributed by atoms with Crippen LogP contribution in [0.1, 0.15) is 69.5 Å². The molecule has 7 aliphatic heterocycles. The van der Waals surface area contributed by atoms with Gasteiger partial charge in [-0.1, -0.05) is 6.92 Å². The maximum atomic E-state index is 14.0. The lowest BCUT2D eigenvalue weighted by atomic mass is 9.94. The van der Waals surface area contributed by atoms with Gasteiger partial charge in [0.05, 0.1) is 103 Å². The van der Waals surface area contributed by atoms with Crippen LogP contribution < -0.4 is 51.0 Å². The molecular weight excluding hydrogens is 1800 g/mol. The molecule has 0 saturated carbocycles. The number of imidazole rings is 3. The maximum Gasteiger partial charge on any atom is 0.351 e. The van der Waals surface area contributed by atoms with E-state index in [0.717, 1.165) is 15.3 Å². The monoisotopic (exact) mass is 1880 g/mol. The highest BCUT2D eigenvalue weighted by Crippen LogP contribution is 2.62. The Morgan fingerprint density at radius 1 is 0.480 bits per heavy atom. The average Bonchev–Trinajstić information content (AvgIpc) is 1.55. The zero-order valence-electron chi connectivity index (χ0n) is 66.2. The first-order valence-corrected chi connectivity index (χ1v) is 48.1. The van der Waals surface area contributed by atoms with Crippen molar-refractivity contribution >= 4 is 131 Å². The maximum absolute atomic E-state index is 14.0. The van der Waals surface area contributed by atoms with Crippen molar-refractivity contribution < 1.29 is 122 Å². The number of rotatable bonds is 38. The molecule has 674 valence electrons. The average molecular weight is 1890 g/mol. The molecule has 15 rings (SSSR count). The van der Waals surface area contributed by atoms with Gasteiger partial charge in [-0.05, 0) is 81.3 Å². The second-order valence-corrected chi connectivity index (χ2v) is 40.5. The third-order valence-electron chi connectivity index (χ3n) is 21.7. The number of nitrogens with zero attached hydrogens (tertiary/aromatic N) is 13. The number of fused-ring (bicyclic) bond motifs is 7. The van der Waals surface area contributed by atoms with E-state index in [1.165, 1.54) is 75.8 Å². The van der Waals surface area contributed by atoms with E-state index in [1.807, 2.05) is 0 Å². The number of ether oxygens (including phenoxy) is 13. The fourth-order valence-corrected chi connectivity index (χ4v) is 21.4. The largest absolute Gasteiger partial charge is 0.387 e. The summed E-state index contributed by atoms with van der Waals surface area (Å²) in [4.78, 5) is 158. The van der Waals surface area contributed by atoms with Crippen LogP contribution in [0.2, 0.25) is 0 Å². The molecule has 51 nitrogen and oxygen atoms in total. The van der Waals surface area contributed by atoms with E-state index in [0.29, 0.717) is 5.56 Å². The van der Waals surface area contributed by atoms with Gasteiger partial charge in [0.1, 0.15) is 102 Å². The zero-order chi connectivity index (χ0) is 87.9. The van der Waals surface area contributed by atoms with Gasteiger partial charge in [-0.2, -0.15) is 15.0 Å². The third-order valence-corrected chi connectivity index (χ3v) is 27.9. The molecule has 123 heavy (non-hydrogen) atoms. The van der Waals surface area contributed by atoms with Crippen molar-refractivity contribution in [2.45, 2.75) is 175 Å². The number of anilines is 4. The topological polar surface area (TPSA) is 660 Å². The molecule has 7 saturated heterocycles. The van der Waals surface area contributed by atoms with E-state index >= 15 is 0 Å². The predicted molar refractivity (Wildman–Crippen MR) is 435 cm³/mol. The van der Waals surface area contributed by atoms with Crippen molar-refractivity contribution in [2.24, 2.45) is 0 Å². The quantitative estimate of drug-likeness (QED) is 0.0147. The summed E-state index contributed by atoms with van der Waals surface area (Å²) in [7, 11) is 4.23. The summed E-state index contributed by atoms with van der Waals surface area (Å²) >= 11 is 23.3. The van der Waals surface area contributed by atoms with Gasteiger partial charge >= 0.3 is 38.3 Å². The molecule has 0 spiro atoms. The Labute approximate surface area is 713 Å². The van der Waals surface area contributed by atoms with Crippen LogP contribution in [0, 0.1) is 13.8 Å². The number of hydrogen-bond donors (Lipinski definition) is 12. The molecule has 0 aromatic carbocycles. The van der Waals surface area contributed by atoms with Crippen LogP contribution in [0.5, 0.6) is 0 Å². The molecule has 7 fully saturated rings. The minimum absolute atomic E-state index is 0.000555. The Morgan fingerprint density at radius 3 is 1.46 bits per heavy atom. The van der Waals surface area contributed by atoms with Crippen molar-refractivity contribution in [2.75, 3.05) is 110 Å². The van der Waals surface area contributed by atoms with E-state index in [9.17, 15) is 48.7 Å². The van der Waals surface area contributed by atoms with E-state index in [2.05, 4.69) is 54.8 Å². The van der Waals surface area contributed by atoms with Crippen molar-refractivity contribution in [1.29, 1.82) is 0 Å². The number of aryl methyl sites for hydroxylation is 2. The van der Waals surface area contributed by atoms with Crippen molar-refractivity contribution in [3.63, 3.8) is 0 Å². The number of aromatic amines is 3. The number of hydrogen-bond acceptors (Lipinski definition) is 43. The molecule has 59 heteroatoms. The van der Waals surface area contributed by atoms with Crippen molar-refractivity contribution in [3.8, 4) is 0 Å². The van der Waals surface area contributed by atoms with Crippen molar-refractivity contribution in [3.05, 3.63) is 101 Å². The molecular formula is C64H88N20O31P4S4. The summed E-state index contributed by atoms with van der Waals surface area (Å²) in [5, 5.41) is 11.9. The van der Waals surface area contributed by atoms with Gasteiger partial charge in [-0.15, -0.1) is 0 Å². The van der Waals surface area contributed by atoms with E-state index in [-0.39, 0.29) is 109 Å². The Hall–Kier alpha value is -6.43. The first-order valence-electron chi connectivity index (χ1n) is 37.7. The lowest BCUT2D eigenvalue weighted by Gasteiger charge is -2.38. The SMILES string of the molecule is CC[C@H]1O[C@@H](n2cnc3c(N)ncnc32)[C@@H](OCCOC)C1OP(O)(=S)OC[C@H]1O[C@@H](n2cnc3c(=O)[nH]c(N)nc32)[C@@H](OCCOC)C1OP(O)(=S)OC[C@H]1O[C@@H](n2cc(C)c(=O)[nH]c2=O)[C@@H](OCCOC)C1OP(O)(=S)OC[C@]12O[C@@H](n3cc(C)c(N)nc3=O)[C@@H](O[C@H]1C)C2OP(O)(=S)OC[C@]12O[C@@H](n3cnc4c(=O)[nH]c(N)nc43)[C@@H](O[C@H]1C)C2O. The normalized spacial score (nSPS) is 32.5. The second-order valence-electron chi connectivity index (χ2n) is 29.3. The Bertz CT molecular complexity index is 5780. The fraction of sp³-hybridized carbons (Fsp3) is 0.641. The second kappa shape index (κ2) is 36.2. The number of H-pyrrole nitrogens is 3. The van der Waals surface area contributed by atoms with Gasteiger partial charge in [0.2, 0.25) is 11.9 Å². The number of aliphatic hydroxyl groups is 1. The van der Waals surface area contributed by atoms with E-state index in [4.69, 9.17) is 168 Å². The molecule has 8 aromatic heterocycles. The summed E-state index contributed by atoms with van der Waals surface area (Å²) in [5.74, 6) is -0.596. The lowest BCUT2D eigenvalue weighted by Crippen LogP contribution is -2.51. The summed E-state index contributed by atoms with van der Waals surface area (Å²) < 4.78 is 138. The highest BCUT2D eigenvalue weighted by Gasteiger charge is 2.70. The van der Waals surface area contributed by atoms with Gasteiger partial charge in [0.25, 0.3) is 16.7 Å². The Morgan fingerprint density at radius 2 is 0.919 bits per heavy atom. The first kappa shape index (κ1) is 91.3. The number of nitrogens with two attached hydrogens (primary N) is 4. The number of nitrogen functional groups attached to an aromatic ring is 4. The highest BCUT2D eigenvalue weighted by atomic mass is 32.5. The number of aliphatic hydroxyl groups excluding tert-OH is 1. The van der Waals surface area contributed by atoms with Crippen LogP contribution in [0.25, 0.3) is 33.5 Å². The molecule has 9 unspecified atom stereocenters. The van der Waals surface area contributed by atoms with Gasteiger partial charge in [-0.3, -0.25) is 70.3 Å². The van der Waals surface area contributed by atoms with Crippen LogP contribution >= 0.6 is 26.9 Å². The lowest BCUT2D eigenvalue weighted by molar-refractivity contribution is -0.217. The smallest absolute Gasteiger partial charge is 0.351 e. The molecule has 7 aliphatic rings. The number of nitrogens with one attached hydrogen (secondary N) is 3. The highest BCUT2D eigenvalue weighted by molar-refractivity contribution is 8.08. The molecule has 15 heterocycles. The Balaban J connectivity index is 0.718. The molecule has 0 radical (unpaired) electrons. The summed E-state index contributed by atoms with van der Waals surface area (Å²) in [6.45, 7) is -15.3. The van der Waals surface area contributed by atoms with Crippen LogP contribution in [-0.4, -0.2) is 292 Å². The first-order chi connectivity index (χ1) is 58.4. The van der Waals surface area contributed by atoms with Crippen LogP contribution in [0.3, 0.4) is 0 Å². The third kappa shape index (κ3) is 18.0. The van der Waals surface area contributed by atoms with Gasteiger partial charge in [0.15, 0.2) is 64.9 Å². The number of aromatic nitrogens is 16. The summed E-state index contributed by atoms with van der Waals surface area (Å²) in [5.41, 5.74) is 16.6. The molecule has 26 atom stereocenters. The fourth-order valence-electron chi connectivity index (χ4n) is 15.7. The van der Waals surface area contributed by atoms with Crippen LogP contribution in [-0.2, 0) is 145 Å². The van der Waals surface area contributed by atoms with E-state index < -0.39 is 215 Å². The molecule has 8 aromatic rings. The van der Waals surface area contributed by atoms with Gasteiger partial charge < -0.3 is 127 Å². The minimum atomic E-state index is -4.99. The van der Waals surface area contributed by atoms with Crippen LogP contribution in [0.15, 0.2) is 61.7 Å². The minimum Gasteiger partial charge on any atom is -0.387 e. The molecule has 16 N–H and O–H groups in total. The molecule has 0 amide bonds. The molecule has 4 bridgehead atoms. The standard InChI is InChI=1S/C64H88N20O31P4S4/c1-9-30-36(39(98-13-10-95-6)55(107-30)82-23-71-33-47(66)69-22-70-48(33)82)112-116(91,120)101-19-32-38(41(100-15-12-97-8)56(109-32)83-24-72-34-49(83)75-59(67)77-52(34)87)113-117(92,121)102-18-31-37(40(99-14-11-96-7)54(108-31)80-17-27(3)51(86)79-62(80)90)114-118(93,122)104-21-64-29(5)106-43(58(111-64)81-16-26(2)46(65)74-61(81)89)45(64)115-119(94,123)103-20-63-28(4)105-42(44(63)85)57(110-63)84-25-73-35-50(84)76-60(68)78-53(35)88/h16-17,22-25,28-32,36-45,54-58,85H,9-15,18-21H2,1-8H3,(H,91,120)(H,92,121)(H,93,122)(H,94,123)(H2,65,74,89)(H2,66,69,70)(H,79,86,90)(H3,67,75,77,87)(H3,68,76,78,88)/t28-,29-,30+,31+,32+,36?,37?,38?,39-,40-,41-,42-,43-,44?,45?,54+,55+,56+,57+,58+,63-,64-,116?,117?,118?,119?/m0/s1. The molecule has 0 aliphatic carbocycles.